The number of hydrogen-bond acceptors (Lipinski definition) is 8. The third-order valence-electron chi connectivity index (χ3n) is 12.8. The molecule has 3 aromatic rings. The molecule has 0 saturated carbocycles. The second-order valence-corrected chi connectivity index (χ2v) is 20.1. The molecule has 12 heteroatoms. The lowest BCUT2D eigenvalue weighted by molar-refractivity contribution is -0.137. The highest BCUT2D eigenvalue weighted by atomic mass is 35.5. The summed E-state index contributed by atoms with van der Waals surface area (Å²) in [6.07, 6.45) is 25.3. The van der Waals surface area contributed by atoms with Gasteiger partial charge in [-0.2, -0.15) is 0 Å². The molecule has 0 heterocycles. The van der Waals surface area contributed by atoms with Crippen LogP contribution in [0.1, 0.15) is 204 Å². The molecule has 75 heavy (non-hydrogen) atoms. The maximum Gasteiger partial charge on any atom is 0.303 e. The summed E-state index contributed by atoms with van der Waals surface area (Å²) in [5, 5.41) is 11.4. The number of alkyl halides is 2. The van der Waals surface area contributed by atoms with E-state index in [0.717, 1.165) is 144 Å². The van der Waals surface area contributed by atoms with E-state index in [2.05, 4.69) is 55.6 Å². The van der Waals surface area contributed by atoms with Crippen LogP contribution in [-0.2, 0) is 43.5 Å². The van der Waals surface area contributed by atoms with Crippen molar-refractivity contribution in [3.8, 4) is 0 Å². The lowest BCUT2D eigenvalue weighted by atomic mass is 9.67. The summed E-state index contributed by atoms with van der Waals surface area (Å²) in [6, 6.07) is 30.9. The highest BCUT2D eigenvalue weighted by molar-refractivity contribution is 6.18. The first-order valence-electron chi connectivity index (χ1n) is 28.9. The summed E-state index contributed by atoms with van der Waals surface area (Å²) in [4.78, 5) is 47.3. The minimum atomic E-state index is -0.675. The number of aliphatic carboxylic acids is 1. The smallest absolute Gasteiger partial charge is 0.303 e. The van der Waals surface area contributed by atoms with Crippen molar-refractivity contribution in [2.45, 2.75) is 193 Å². The van der Waals surface area contributed by atoms with E-state index in [1.165, 1.54) is 38.5 Å². The van der Waals surface area contributed by atoms with E-state index in [1.54, 1.807) is 0 Å². The van der Waals surface area contributed by atoms with E-state index in [9.17, 15) is 19.2 Å². The molecule has 0 atom stereocenters. The molecule has 0 aliphatic heterocycles. The van der Waals surface area contributed by atoms with Crippen LogP contribution in [0, 0.1) is 0 Å². The first-order chi connectivity index (χ1) is 36.7. The summed E-state index contributed by atoms with van der Waals surface area (Å²) in [5.74, 6) is 1.50. The molecule has 0 bridgehead atoms. The molecule has 0 aromatic heterocycles. The zero-order chi connectivity index (χ0) is 54.6. The van der Waals surface area contributed by atoms with Gasteiger partial charge in [-0.25, -0.2) is 0 Å². The largest absolute Gasteiger partial charge is 0.481 e. The van der Waals surface area contributed by atoms with Gasteiger partial charge in [-0.3, -0.25) is 19.2 Å². The minimum Gasteiger partial charge on any atom is -0.481 e. The highest BCUT2D eigenvalue weighted by Crippen LogP contribution is 2.42. The van der Waals surface area contributed by atoms with Gasteiger partial charge >= 0.3 is 5.97 Å². The Morgan fingerprint density at radius 3 is 1.12 bits per heavy atom. The summed E-state index contributed by atoms with van der Waals surface area (Å²) in [6.45, 7) is 10.2. The predicted octanol–water partition coefficient (Wildman–Crippen LogP) is 15.4. The van der Waals surface area contributed by atoms with Crippen molar-refractivity contribution >= 4 is 46.6 Å². The fourth-order valence-corrected chi connectivity index (χ4v) is 8.90. The number of amides is 1. The van der Waals surface area contributed by atoms with Gasteiger partial charge in [0.15, 0.2) is 0 Å². The van der Waals surface area contributed by atoms with Crippen LogP contribution in [-0.4, -0.2) is 99.7 Å². The number of rotatable bonds is 47. The van der Waals surface area contributed by atoms with Crippen LogP contribution >= 0.6 is 23.2 Å². The van der Waals surface area contributed by atoms with Crippen LogP contribution in [0.3, 0.4) is 0 Å². The van der Waals surface area contributed by atoms with E-state index in [4.69, 9.17) is 47.3 Å². The lowest BCUT2D eigenvalue weighted by Gasteiger charge is -2.35. The number of carboxylic acids is 1. The van der Waals surface area contributed by atoms with Crippen molar-refractivity contribution in [1.29, 1.82) is 0 Å². The number of Topliss-reactive ketones (excluding diaryl/α,β-unsaturated/α-hetero) is 2. The average molecular weight is 1090 g/mol. The van der Waals surface area contributed by atoms with Crippen LogP contribution in [0.4, 0.5) is 0 Å². The van der Waals surface area contributed by atoms with E-state index < -0.39 is 11.4 Å². The van der Waals surface area contributed by atoms with Crippen molar-refractivity contribution in [2.24, 2.45) is 0 Å². The Kier molecular flexibility index (Phi) is 47.3. The Morgan fingerprint density at radius 2 is 0.747 bits per heavy atom. The molecule has 0 unspecified atom stereocenters. The molecule has 0 aliphatic carbocycles. The van der Waals surface area contributed by atoms with Crippen molar-refractivity contribution < 1.29 is 43.2 Å². The molecular weight excluding hydrogens is 986 g/mol. The van der Waals surface area contributed by atoms with Gasteiger partial charge in [0.25, 0.3) is 0 Å². The fourth-order valence-electron chi connectivity index (χ4n) is 8.52. The van der Waals surface area contributed by atoms with Gasteiger partial charge in [-0.05, 0) is 80.9 Å². The number of benzene rings is 3. The number of carbonyl (C=O) groups is 4. The monoisotopic (exact) mass is 1080 g/mol. The Labute approximate surface area is 464 Å². The van der Waals surface area contributed by atoms with Gasteiger partial charge in [-0.15, -0.1) is 23.2 Å². The van der Waals surface area contributed by atoms with Crippen LogP contribution < -0.4 is 5.32 Å². The van der Waals surface area contributed by atoms with Gasteiger partial charge in [0.1, 0.15) is 11.6 Å². The fraction of sp³-hybridized carbons (Fsp3) is 0.651. The van der Waals surface area contributed by atoms with Crippen LogP contribution in [0.25, 0.3) is 0 Å². The summed E-state index contributed by atoms with van der Waals surface area (Å²) in [5.41, 5.74) is 2.68. The molecule has 424 valence electrons. The van der Waals surface area contributed by atoms with Gasteiger partial charge in [0.05, 0.1) is 31.8 Å². The molecular formula is C63H99Cl2NO9. The highest BCUT2D eigenvalue weighted by Gasteiger charge is 2.38. The maximum absolute atomic E-state index is 13.4. The Bertz CT molecular complexity index is 1670. The van der Waals surface area contributed by atoms with Crippen LogP contribution in [0.5, 0.6) is 0 Å². The molecule has 0 fully saturated rings. The zero-order valence-electron chi connectivity index (χ0n) is 46.5. The molecule has 1 amide bonds. The number of nitrogens with one attached hydrogen (secondary N) is 1. The number of ketones is 2. The van der Waals surface area contributed by atoms with Crippen molar-refractivity contribution in [3.05, 3.63) is 108 Å². The van der Waals surface area contributed by atoms with Gasteiger partial charge < -0.3 is 29.4 Å². The molecule has 10 nitrogen and oxygen atoms in total. The maximum atomic E-state index is 13.4. The first kappa shape index (κ1) is 69.4. The Balaban J connectivity index is 0.000000750. The number of halogens is 2. The van der Waals surface area contributed by atoms with Gasteiger partial charge in [0.2, 0.25) is 5.91 Å². The van der Waals surface area contributed by atoms with E-state index in [1.807, 2.05) is 54.6 Å². The average Bonchev–Trinajstić information content (AvgIpc) is 3.43. The number of carboxylic acid groups (broad SMARTS) is 1. The SMILES string of the molecule is CCCCCCC(=O)CCCOCCOCCCCCCCl.CCCCCCC(=O)O.O=C(CCCCCNC(=O)CC(c1ccccc1)(c1ccccc1)c1ccccc1)CCCOCCOCCCCCCCl. The topological polar surface area (TPSA) is 137 Å². The van der Waals surface area contributed by atoms with Gasteiger partial charge in [-0.1, -0.05) is 175 Å². The van der Waals surface area contributed by atoms with E-state index in [0.29, 0.717) is 84.1 Å². The summed E-state index contributed by atoms with van der Waals surface area (Å²) in [7, 11) is 0. The number of hydrogen-bond donors (Lipinski definition) is 2. The Morgan fingerprint density at radius 1 is 0.413 bits per heavy atom. The van der Waals surface area contributed by atoms with Crippen molar-refractivity contribution in [3.63, 3.8) is 0 Å². The normalized spacial score (nSPS) is 11.0. The van der Waals surface area contributed by atoms with Crippen molar-refractivity contribution in [1.82, 2.24) is 5.32 Å². The summed E-state index contributed by atoms with van der Waals surface area (Å²) < 4.78 is 22.1. The van der Waals surface area contributed by atoms with E-state index in [-0.39, 0.29) is 11.7 Å². The van der Waals surface area contributed by atoms with Crippen LogP contribution in [0.2, 0.25) is 0 Å². The molecule has 0 spiro atoms. The number of unbranched alkanes of at least 4 members (excludes halogenated alkanes) is 14. The zero-order valence-corrected chi connectivity index (χ0v) is 48.0. The van der Waals surface area contributed by atoms with E-state index >= 15 is 0 Å². The second kappa shape index (κ2) is 51.1. The molecule has 0 saturated heterocycles. The lowest BCUT2D eigenvalue weighted by Crippen LogP contribution is -2.37. The Hall–Kier alpha value is -3.64. The molecule has 2 N–H and O–H groups in total. The quantitative estimate of drug-likeness (QED) is 0.0322. The minimum absolute atomic E-state index is 0.0188. The molecule has 0 aliphatic rings. The number of ether oxygens (including phenoxy) is 4. The predicted molar refractivity (Wildman–Crippen MR) is 311 cm³/mol. The first-order valence-corrected chi connectivity index (χ1v) is 29.9. The van der Waals surface area contributed by atoms with Crippen molar-refractivity contribution in [2.75, 3.05) is 71.2 Å². The molecule has 3 aromatic carbocycles. The standard InChI is InChI=1S/C38H50ClNO4.C18H35ClO3.C7H14O2/c39-26-14-1-2-16-28-43-30-31-44-29-17-25-36(41)24-13-6-15-27-40-37(42)32-38(33-18-7-3-8-19-33,34-20-9-4-10-21-34)35-22-11-5-12-23-35;1-2-3-4-7-11-18(20)12-10-15-22-17-16-21-14-9-6-5-8-13-19;1-2-3-4-5-6-7(8)9/h3-5,7-12,18-23H,1-2,6,13-17,24-32H2,(H,40,42);2-17H2,1H3;2-6H2,1H3,(H,8,9). The molecule has 0 radical (unpaired) electrons. The second-order valence-electron chi connectivity index (χ2n) is 19.3. The number of carbonyl (C=O) groups excluding carboxylic acids is 3. The third-order valence-corrected chi connectivity index (χ3v) is 13.3. The third kappa shape index (κ3) is 38.5. The van der Waals surface area contributed by atoms with Crippen LogP contribution in [0.15, 0.2) is 91.0 Å². The summed E-state index contributed by atoms with van der Waals surface area (Å²) >= 11 is 11.3. The molecule has 3 rings (SSSR count). The van der Waals surface area contributed by atoms with Gasteiger partial charge in [0, 0.05) is 83.3 Å².